The molecule has 1 heterocycles. The van der Waals surface area contributed by atoms with Crippen LogP contribution >= 0.6 is 11.3 Å². The molecule has 13 heavy (non-hydrogen) atoms. The van der Waals surface area contributed by atoms with Gasteiger partial charge in [-0.25, -0.2) is 4.98 Å². The van der Waals surface area contributed by atoms with Crippen LogP contribution in [0.5, 0.6) is 0 Å². The van der Waals surface area contributed by atoms with Gasteiger partial charge in [0.25, 0.3) is 0 Å². The molecule has 70 valence electrons. The summed E-state index contributed by atoms with van der Waals surface area (Å²) in [5.74, 6) is 2.64. The van der Waals surface area contributed by atoms with Crippen LogP contribution in [-0.4, -0.2) is 11.0 Å². The third-order valence-electron chi connectivity index (χ3n) is 1.76. The van der Waals surface area contributed by atoms with Crippen LogP contribution in [0, 0.1) is 19.3 Å². The maximum absolute atomic E-state index is 5.27. The highest BCUT2D eigenvalue weighted by Crippen LogP contribution is 2.18. The molecule has 0 saturated heterocycles. The quantitative estimate of drug-likeness (QED) is 0.746. The number of terminal acetylenes is 1. The molecule has 0 saturated carbocycles. The lowest BCUT2D eigenvalue weighted by atomic mass is 10.3. The molecule has 0 aliphatic rings. The molecule has 2 nitrogen and oxygen atoms in total. The molecule has 1 rings (SSSR count). The Hall–Kier alpha value is -0.850. The van der Waals surface area contributed by atoms with Crippen molar-refractivity contribution >= 4 is 11.3 Å². The molecular weight excluding hydrogens is 180 g/mol. The summed E-state index contributed by atoms with van der Waals surface area (Å²) >= 11 is 1.71. The zero-order chi connectivity index (χ0) is 9.84. The molecular formula is C10H14N2S. The lowest BCUT2D eigenvalue weighted by Crippen LogP contribution is -2.27. The van der Waals surface area contributed by atoms with Crippen molar-refractivity contribution in [3.63, 3.8) is 0 Å². The first-order chi connectivity index (χ1) is 6.13. The van der Waals surface area contributed by atoms with E-state index >= 15 is 0 Å². The molecule has 0 fully saturated rings. The number of hydrogen-bond donors (Lipinski definition) is 1. The molecule has 0 radical (unpaired) electrons. The van der Waals surface area contributed by atoms with Gasteiger partial charge in [-0.05, 0) is 20.8 Å². The van der Waals surface area contributed by atoms with Crippen molar-refractivity contribution in [3.8, 4) is 12.3 Å². The monoisotopic (exact) mass is 194 g/mol. The third-order valence-corrected chi connectivity index (χ3v) is 2.86. The van der Waals surface area contributed by atoms with E-state index in [-0.39, 0.29) is 12.1 Å². The summed E-state index contributed by atoms with van der Waals surface area (Å²) in [5, 5.41) is 4.37. The fourth-order valence-corrected chi connectivity index (χ4v) is 1.85. The first-order valence-electron chi connectivity index (χ1n) is 4.28. The van der Waals surface area contributed by atoms with Gasteiger partial charge in [0.05, 0.1) is 12.1 Å². The molecule has 1 aromatic rings. The molecule has 0 aliphatic heterocycles. The van der Waals surface area contributed by atoms with Gasteiger partial charge >= 0.3 is 0 Å². The van der Waals surface area contributed by atoms with Crippen molar-refractivity contribution < 1.29 is 0 Å². The fraction of sp³-hybridized carbons (Fsp3) is 0.500. The molecule has 2 unspecified atom stereocenters. The van der Waals surface area contributed by atoms with Crippen LogP contribution in [0.3, 0.4) is 0 Å². The summed E-state index contributed by atoms with van der Waals surface area (Å²) in [6, 6.07) is 0.337. The van der Waals surface area contributed by atoms with Crippen molar-refractivity contribution in [1.29, 1.82) is 0 Å². The van der Waals surface area contributed by atoms with Crippen LogP contribution in [-0.2, 0) is 0 Å². The number of thiazole rings is 1. The van der Waals surface area contributed by atoms with Crippen LogP contribution in [0.15, 0.2) is 6.20 Å². The topological polar surface area (TPSA) is 24.9 Å². The van der Waals surface area contributed by atoms with Gasteiger partial charge in [-0.2, -0.15) is 0 Å². The predicted octanol–water partition coefficient (Wildman–Crippen LogP) is 2.12. The Morgan fingerprint density at radius 1 is 1.62 bits per heavy atom. The Bertz CT molecular complexity index is 311. The first kappa shape index (κ1) is 10.2. The maximum Gasteiger partial charge on any atom is 0.109 e. The van der Waals surface area contributed by atoms with E-state index in [4.69, 9.17) is 6.42 Å². The molecule has 1 aromatic heterocycles. The third kappa shape index (κ3) is 2.83. The van der Waals surface area contributed by atoms with Gasteiger partial charge in [-0.15, -0.1) is 17.8 Å². The standard InChI is InChI=1S/C10H14N2S/c1-5-7(2)12-9(4)10-11-6-8(3)13-10/h1,6-7,9,12H,2-4H3. The smallest absolute Gasteiger partial charge is 0.109 e. The molecule has 2 atom stereocenters. The molecule has 3 heteroatoms. The van der Waals surface area contributed by atoms with Crippen molar-refractivity contribution in [1.82, 2.24) is 10.3 Å². The van der Waals surface area contributed by atoms with Crippen LogP contribution in [0.25, 0.3) is 0 Å². The van der Waals surface area contributed by atoms with Gasteiger partial charge < -0.3 is 0 Å². The van der Waals surface area contributed by atoms with E-state index < -0.39 is 0 Å². The Balaban J connectivity index is 2.59. The van der Waals surface area contributed by atoms with Crippen LogP contribution < -0.4 is 5.32 Å². The van der Waals surface area contributed by atoms with E-state index in [1.165, 1.54) is 4.88 Å². The fourth-order valence-electron chi connectivity index (χ4n) is 1.07. The number of aryl methyl sites for hydroxylation is 1. The largest absolute Gasteiger partial charge is 0.295 e. The number of nitrogens with one attached hydrogen (secondary N) is 1. The minimum absolute atomic E-state index is 0.0965. The van der Waals surface area contributed by atoms with Crippen molar-refractivity contribution in [2.45, 2.75) is 32.9 Å². The minimum atomic E-state index is 0.0965. The van der Waals surface area contributed by atoms with Gasteiger partial charge in [0.1, 0.15) is 5.01 Å². The van der Waals surface area contributed by atoms with Gasteiger partial charge in [0.15, 0.2) is 0 Å². The number of rotatable bonds is 3. The maximum atomic E-state index is 5.27. The molecule has 0 amide bonds. The van der Waals surface area contributed by atoms with Gasteiger partial charge in [0.2, 0.25) is 0 Å². The van der Waals surface area contributed by atoms with Gasteiger partial charge in [-0.3, -0.25) is 5.32 Å². The van der Waals surface area contributed by atoms with E-state index in [9.17, 15) is 0 Å². The second-order valence-electron chi connectivity index (χ2n) is 3.09. The van der Waals surface area contributed by atoms with Crippen molar-refractivity contribution in [2.24, 2.45) is 0 Å². The molecule has 0 bridgehead atoms. The highest BCUT2D eigenvalue weighted by Gasteiger charge is 2.10. The predicted molar refractivity (Wildman–Crippen MR) is 56.7 cm³/mol. The molecule has 0 aliphatic carbocycles. The Morgan fingerprint density at radius 2 is 2.31 bits per heavy atom. The molecule has 1 N–H and O–H groups in total. The van der Waals surface area contributed by atoms with Gasteiger partial charge in [-0.1, -0.05) is 5.92 Å². The summed E-state index contributed by atoms with van der Waals surface area (Å²) in [7, 11) is 0. The normalized spacial score (nSPS) is 14.9. The average molecular weight is 194 g/mol. The van der Waals surface area contributed by atoms with Crippen molar-refractivity contribution in [2.75, 3.05) is 0 Å². The SMILES string of the molecule is C#CC(C)NC(C)c1ncc(C)s1. The van der Waals surface area contributed by atoms with Gasteiger partial charge in [0, 0.05) is 11.1 Å². The Morgan fingerprint density at radius 3 is 2.77 bits per heavy atom. The number of hydrogen-bond acceptors (Lipinski definition) is 3. The minimum Gasteiger partial charge on any atom is -0.295 e. The lowest BCUT2D eigenvalue weighted by molar-refractivity contribution is 0.544. The summed E-state index contributed by atoms with van der Waals surface area (Å²) in [5.41, 5.74) is 0. The average Bonchev–Trinajstić information content (AvgIpc) is 2.51. The summed E-state index contributed by atoms with van der Waals surface area (Å²) in [6.07, 6.45) is 7.16. The molecule has 0 aromatic carbocycles. The molecule has 0 spiro atoms. The number of aromatic nitrogens is 1. The zero-order valence-electron chi connectivity index (χ0n) is 8.16. The van der Waals surface area contributed by atoms with E-state index in [1.807, 2.05) is 13.1 Å². The van der Waals surface area contributed by atoms with E-state index in [0.29, 0.717) is 0 Å². The highest BCUT2D eigenvalue weighted by atomic mass is 32.1. The lowest BCUT2D eigenvalue weighted by Gasteiger charge is -2.13. The Kier molecular flexibility index (Phi) is 3.47. The highest BCUT2D eigenvalue weighted by molar-refractivity contribution is 7.11. The summed E-state index contributed by atoms with van der Waals surface area (Å²) in [6.45, 7) is 6.10. The summed E-state index contributed by atoms with van der Waals surface area (Å²) in [4.78, 5) is 5.52. The van der Waals surface area contributed by atoms with Crippen LogP contribution in [0.4, 0.5) is 0 Å². The number of nitrogens with zero attached hydrogens (tertiary/aromatic N) is 1. The van der Waals surface area contributed by atoms with E-state index in [0.717, 1.165) is 5.01 Å². The second-order valence-corrected chi connectivity index (χ2v) is 4.35. The van der Waals surface area contributed by atoms with E-state index in [1.54, 1.807) is 11.3 Å². The van der Waals surface area contributed by atoms with Crippen LogP contribution in [0.2, 0.25) is 0 Å². The zero-order valence-corrected chi connectivity index (χ0v) is 8.98. The Labute approximate surface area is 83.4 Å². The van der Waals surface area contributed by atoms with E-state index in [2.05, 4.69) is 30.1 Å². The van der Waals surface area contributed by atoms with Crippen molar-refractivity contribution in [3.05, 3.63) is 16.1 Å². The second kappa shape index (κ2) is 4.40. The summed E-state index contributed by atoms with van der Waals surface area (Å²) < 4.78 is 0. The first-order valence-corrected chi connectivity index (χ1v) is 5.09. The van der Waals surface area contributed by atoms with Crippen LogP contribution in [0.1, 0.15) is 29.8 Å².